The van der Waals surface area contributed by atoms with Crippen molar-refractivity contribution in [2.45, 2.75) is 43.4 Å². The highest BCUT2D eigenvalue weighted by Crippen LogP contribution is 2.45. The number of fused-ring (bicyclic) bond motifs is 3. The first kappa shape index (κ1) is 19.5. The molecular formula is C21H25N5O3S. The number of aromatic nitrogens is 3. The van der Waals surface area contributed by atoms with Crippen LogP contribution in [-0.4, -0.2) is 56.2 Å². The van der Waals surface area contributed by atoms with E-state index in [2.05, 4.69) is 20.2 Å². The van der Waals surface area contributed by atoms with Crippen LogP contribution in [0.15, 0.2) is 30.6 Å². The number of piperidine rings is 1. The van der Waals surface area contributed by atoms with Crippen molar-refractivity contribution in [2.24, 2.45) is 7.05 Å². The first-order chi connectivity index (χ1) is 14.4. The van der Waals surface area contributed by atoms with Gasteiger partial charge in [0.1, 0.15) is 17.2 Å². The van der Waals surface area contributed by atoms with Crippen LogP contribution in [-0.2, 0) is 17.4 Å². The highest BCUT2D eigenvalue weighted by atomic mass is 32.1. The number of ether oxygens (including phenoxy) is 1. The number of benzene rings is 1. The number of thiazole rings is 1. The van der Waals surface area contributed by atoms with Crippen LogP contribution in [0.5, 0.6) is 5.75 Å². The van der Waals surface area contributed by atoms with Gasteiger partial charge < -0.3 is 19.7 Å². The van der Waals surface area contributed by atoms with Gasteiger partial charge in [0.05, 0.1) is 23.9 Å². The van der Waals surface area contributed by atoms with E-state index in [1.807, 2.05) is 36.0 Å². The molecule has 9 heteroatoms. The molecule has 2 fully saturated rings. The minimum atomic E-state index is -0.927. The summed E-state index contributed by atoms with van der Waals surface area (Å²) in [4.78, 5) is 23.9. The van der Waals surface area contributed by atoms with Crippen molar-refractivity contribution < 1.29 is 14.6 Å². The molecule has 0 radical (unpaired) electrons. The number of imidazole rings is 1. The van der Waals surface area contributed by atoms with Gasteiger partial charge >= 0.3 is 0 Å². The Kier molecular flexibility index (Phi) is 4.76. The summed E-state index contributed by atoms with van der Waals surface area (Å²) >= 11 is 1.44. The molecule has 1 aromatic carbocycles. The van der Waals surface area contributed by atoms with Crippen molar-refractivity contribution in [3.8, 4) is 5.75 Å². The van der Waals surface area contributed by atoms with Gasteiger partial charge in [-0.1, -0.05) is 11.3 Å². The number of anilines is 1. The number of methoxy groups -OCH3 is 1. The number of hydrogen-bond acceptors (Lipinski definition) is 7. The van der Waals surface area contributed by atoms with Crippen LogP contribution >= 0.6 is 11.3 Å². The average molecular weight is 428 g/mol. The molecular weight excluding hydrogens is 402 g/mol. The SMILES string of the molecule is COc1ccc2nc(NC(=O)CN3[C@H]4CC[C@H]3CC(O)(c3nccn3C)C4)sc2c1. The summed E-state index contributed by atoms with van der Waals surface area (Å²) in [5, 5.41) is 14.8. The van der Waals surface area contributed by atoms with Crippen LogP contribution in [0.25, 0.3) is 10.2 Å². The average Bonchev–Trinajstić information content (AvgIpc) is 3.38. The maximum absolute atomic E-state index is 12.8. The monoisotopic (exact) mass is 427 g/mol. The highest BCUT2D eigenvalue weighted by Gasteiger charge is 2.50. The van der Waals surface area contributed by atoms with E-state index in [0.717, 1.165) is 28.8 Å². The molecule has 0 saturated carbocycles. The molecule has 8 nitrogen and oxygen atoms in total. The summed E-state index contributed by atoms with van der Waals surface area (Å²) in [6, 6.07) is 6.03. The van der Waals surface area contributed by atoms with Gasteiger partial charge in [-0.3, -0.25) is 9.69 Å². The molecule has 2 saturated heterocycles. The van der Waals surface area contributed by atoms with E-state index in [0.29, 0.717) is 30.3 Å². The highest BCUT2D eigenvalue weighted by molar-refractivity contribution is 7.22. The van der Waals surface area contributed by atoms with E-state index in [-0.39, 0.29) is 18.0 Å². The zero-order valence-corrected chi connectivity index (χ0v) is 17.9. The summed E-state index contributed by atoms with van der Waals surface area (Å²) in [6.07, 6.45) is 6.77. The maximum atomic E-state index is 12.8. The number of nitrogens with zero attached hydrogens (tertiary/aromatic N) is 4. The Bertz CT molecular complexity index is 1080. The third-order valence-electron chi connectivity index (χ3n) is 6.32. The van der Waals surface area contributed by atoms with Crippen molar-refractivity contribution in [3.63, 3.8) is 0 Å². The van der Waals surface area contributed by atoms with Crippen molar-refractivity contribution in [1.82, 2.24) is 19.4 Å². The first-order valence-corrected chi connectivity index (χ1v) is 11.0. The Morgan fingerprint density at radius 1 is 1.37 bits per heavy atom. The fourth-order valence-electron chi connectivity index (χ4n) is 4.98. The first-order valence-electron chi connectivity index (χ1n) is 10.2. The van der Waals surface area contributed by atoms with Crippen molar-refractivity contribution in [1.29, 1.82) is 0 Å². The molecule has 30 heavy (non-hydrogen) atoms. The minimum absolute atomic E-state index is 0.0691. The van der Waals surface area contributed by atoms with E-state index in [9.17, 15) is 9.90 Å². The third kappa shape index (κ3) is 3.36. The smallest absolute Gasteiger partial charge is 0.240 e. The Labute approximate surface area is 178 Å². The number of amides is 1. The second-order valence-corrected chi connectivity index (χ2v) is 9.29. The minimum Gasteiger partial charge on any atom is -0.497 e. The van der Waals surface area contributed by atoms with Gasteiger partial charge in [-0.2, -0.15) is 0 Å². The summed E-state index contributed by atoms with van der Waals surface area (Å²) in [5.74, 6) is 1.42. The van der Waals surface area contributed by atoms with Crippen LogP contribution in [0.4, 0.5) is 5.13 Å². The number of hydrogen-bond donors (Lipinski definition) is 2. The molecule has 2 aromatic heterocycles. The Morgan fingerprint density at radius 3 is 2.80 bits per heavy atom. The van der Waals surface area contributed by atoms with E-state index < -0.39 is 5.60 Å². The van der Waals surface area contributed by atoms with Crippen LogP contribution in [0.1, 0.15) is 31.5 Å². The molecule has 2 aliphatic heterocycles. The summed E-state index contributed by atoms with van der Waals surface area (Å²) in [6.45, 7) is 0.311. The molecule has 2 atom stereocenters. The molecule has 2 bridgehead atoms. The summed E-state index contributed by atoms with van der Waals surface area (Å²) in [5.41, 5.74) is -0.0855. The van der Waals surface area contributed by atoms with Gasteiger partial charge in [0.25, 0.3) is 0 Å². The lowest BCUT2D eigenvalue weighted by Crippen LogP contribution is -2.52. The molecule has 3 aromatic rings. The molecule has 1 amide bonds. The number of carbonyl (C=O) groups is 1. The quantitative estimate of drug-likeness (QED) is 0.650. The van der Waals surface area contributed by atoms with Crippen LogP contribution in [0.2, 0.25) is 0 Å². The van der Waals surface area contributed by atoms with Gasteiger partial charge in [-0.25, -0.2) is 9.97 Å². The molecule has 0 spiro atoms. The molecule has 4 heterocycles. The second-order valence-electron chi connectivity index (χ2n) is 8.26. The van der Waals surface area contributed by atoms with E-state index >= 15 is 0 Å². The summed E-state index contributed by atoms with van der Waals surface area (Å²) < 4.78 is 8.12. The lowest BCUT2D eigenvalue weighted by atomic mass is 9.85. The molecule has 5 rings (SSSR count). The zero-order chi connectivity index (χ0) is 20.9. The number of rotatable bonds is 5. The van der Waals surface area contributed by atoms with Gasteiger partial charge in [0, 0.05) is 31.5 Å². The maximum Gasteiger partial charge on any atom is 0.240 e. The fraction of sp³-hybridized carbons (Fsp3) is 0.476. The van der Waals surface area contributed by atoms with E-state index in [1.54, 1.807) is 13.3 Å². The van der Waals surface area contributed by atoms with Gasteiger partial charge in [0.2, 0.25) is 5.91 Å². The number of aliphatic hydroxyl groups is 1. The van der Waals surface area contributed by atoms with Crippen LogP contribution in [0, 0.1) is 0 Å². The fourth-order valence-corrected chi connectivity index (χ4v) is 5.89. The predicted octanol–water partition coefficient (Wildman–Crippen LogP) is 2.49. The topological polar surface area (TPSA) is 92.5 Å². The summed E-state index contributed by atoms with van der Waals surface area (Å²) in [7, 11) is 3.54. The van der Waals surface area contributed by atoms with E-state index in [4.69, 9.17) is 4.74 Å². The molecule has 2 aliphatic rings. The predicted molar refractivity (Wildman–Crippen MR) is 115 cm³/mol. The number of nitrogens with one attached hydrogen (secondary N) is 1. The second kappa shape index (κ2) is 7.33. The zero-order valence-electron chi connectivity index (χ0n) is 17.0. The van der Waals surface area contributed by atoms with Crippen molar-refractivity contribution in [3.05, 3.63) is 36.4 Å². The largest absolute Gasteiger partial charge is 0.497 e. The van der Waals surface area contributed by atoms with Gasteiger partial charge in [-0.05, 0) is 43.9 Å². The lowest BCUT2D eigenvalue weighted by molar-refractivity contribution is -0.121. The molecule has 0 aliphatic carbocycles. The van der Waals surface area contributed by atoms with E-state index in [1.165, 1.54) is 11.3 Å². The lowest BCUT2D eigenvalue weighted by Gasteiger charge is -2.43. The van der Waals surface area contributed by atoms with Crippen molar-refractivity contribution >= 4 is 32.6 Å². The third-order valence-corrected chi connectivity index (χ3v) is 7.26. The number of carbonyl (C=O) groups excluding carboxylic acids is 1. The molecule has 0 unspecified atom stereocenters. The molecule has 158 valence electrons. The standard InChI is InChI=1S/C21H25N5O3S/c1-25-8-7-22-19(25)21(28)10-13-3-4-14(11-21)26(13)12-18(27)24-20-23-16-6-5-15(29-2)9-17(16)30-20/h5-9,13-14,28H,3-4,10-12H2,1-2H3,(H,23,24,27)/t13-,14-/m0/s1. The number of aryl methyl sites for hydroxylation is 1. The molecule has 2 N–H and O–H groups in total. The Hall–Kier alpha value is -2.49. The Balaban J connectivity index is 1.27. The van der Waals surface area contributed by atoms with Crippen LogP contribution < -0.4 is 10.1 Å². The van der Waals surface area contributed by atoms with Gasteiger partial charge in [0.15, 0.2) is 5.13 Å². The normalized spacial score (nSPS) is 26.2. The van der Waals surface area contributed by atoms with Gasteiger partial charge in [-0.15, -0.1) is 0 Å². The Morgan fingerprint density at radius 2 is 2.13 bits per heavy atom. The van der Waals surface area contributed by atoms with Crippen LogP contribution in [0.3, 0.4) is 0 Å². The van der Waals surface area contributed by atoms with Crippen molar-refractivity contribution in [2.75, 3.05) is 19.0 Å².